The maximum atomic E-state index is 12.6. The van der Waals surface area contributed by atoms with Crippen molar-refractivity contribution in [3.8, 4) is 0 Å². The molecule has 0 spiro atoms. The first kappa shape index (κ1) is 17.0. The van der Waals surface area contributed by atoms with Gasteiger partial charge in [0.15, 0.2) is 5.76 Å². The average Bonchev–Trinajstić information content (AvgIpc) is 2.92. The highest BCUT2D eigenvalue weighted by Crippen LogP contribution is 2.24. The summed E-state index contributed by atoms with van der Waals surface area (Å²) in [5.74, 6) is 0.803. The van der Waals surface area contributed by atoms with Crippen LogP contribution in [0.1, 0.15) is 36.1 Å². The summed E-state index contributed by atoms with van der Waals surface area (Å²) >= 11 is 0. The van der Waals surface area contributed by atoms with E-state index in [0.717, 1.165) is 19.1 Å². The van der Waals surface area contributed by atoms with E-state index in [1.54, 1.807) is 17.0 Å². The molecule has 3 N–H and O–H groups in total. The zero-order valence-corrected chi connectivity index (χ0v) is 13.7. The fraction of sp³-hybridized carbons (Fsp3) is 0.643. The van der Waals surface area contributed by atoms with E-state index in [1.165, 1.54) is 0 Å². The first-order valence-corrected chi connectivity index (χ1v) is 9.25. The minimum Gasteiger partial charge on any atom is -0.455 e. The van der Waals surface area contributed by atoms with Gasteiger partial charge in [-0.15, -0.1) is 0 Å². The molecular formula is C14H23N3O4S. The molecule has 0 bridgehead atoms. The second-order valence-electron chi connectivity index (χ2n) is 5.78. The van der Waals surface area contributed by atoms with Crippen LogP contribution in [0.5, 0.6) is 0 Å². The highest BCUT2D eigenvalue weighted by atomic mass is 32.2. The number of likely N-dealkylation sites (tertiary alicyclic amines) is 1. The molecule has 2 rings (SSSR count). The lowest BCUT2D eigenvalue weighted by atomic mass is 9.90. The maximum absolute atomic E-state index is 12.6. The van der Waals surface area contributed by atoms with Crippen LogP contribution in [0.25, 0.3) is 0 Å². The highest BCUT2D eigenvalue weighted by Gasteiger charge is 2.32. The fourth-order valence-corrected chi connectivity index (χ4v) is 3.20. The Hall–Kier alpha value is -1.38. The van der Waals surface area contributed by atoms with Gasteiger partial charge in [-0.2, -0.15) is 0 Å². The Labute approximate surface area is 130 Å². The van der Waals surface area contributed by atoms with Crippen LogP contribution in [0, 0.1) is 5.92 Å². The van der Waals surface area contributed by atoms with E-state index in [2.05, 4.69) is 11.6 Å². The second kappa shape index (κ2) is 6.80. The van der Waals surface area contributed by atoms with Crippen LogP contribution >= 0.6 is 0 Å². The van der Waals surface area contributed by atoms with Gasteiger partial charge >= 0.3 is 0 Å². The lowest BCUT2D eigenvalue weighted by Gasteiger charge is -2.38. The Morgan fingerprint density at radius 3 is 2.86 bits per heavy atom. The molecule has 8 heteroatoms. The summed E-state index contributed by atoms with van der Waals surface area (Å²) in [5.41, 5.74) is 5.80. The van der Waals surface area contributed by atoms with E-state index in [1.807, 2.05) is 0 Å². The van der Waals surface area contributed by atoms with Crippen LogP contribution in [-0.4, -0.2) is 44.6 Å². The molecule has 1 aromatic rings. The third-order valence-corrected chi connectivity index (χ3v) is 4.67. The zero-order valence-electron chi connectivity index (χ0n) is 12.9. The SMILES string of the molecule is C[C@@H]1CCCN(C(=O)c2ccc(CNS(C)(=O)=O)o2)[C@@H]1CN. The largest absolute Gasteiger partial charge is 0.455 e. The fourth-order valence-electron chi connectivity index (χ4n) is 2.79. The van der Waals surface area contributed by atoms with Gasteiger partial charge in [-0.1, -0.05) is 6.92 Å². The van der Waals surface area contributed by atoms with E-state index in [4.69, 9.17) is 10.2 Å². The summed E-state index contributed by atoms with van der Waals surface area (Å²) in [7, 11) is -3.30. The third-order valence-electron chi connectivity index (χ3n) is 4.00. The first-order valence-electron chi connectivity index (χ1n) is 7.36. The number of nitrogens with two attached hydrogens (primary N) is 1. The van der Waals surface area contributed by atoms with Crippen LogP contribution in [-0.2, 0) is 16.6 Å². The van der Waals surface area contributed by atoms with Crippen LogP contribution in [0.15, 0.2) is 16.5 Å². The molecule has 1 fully saturated rings. The molecule has 1 aliphatic heterocycles. The standard InChI is InChI=1S/C14H23N3O4S/c1-10-4-3-7-17(12(10)8-15)14(18)13-6-5-11(21-13)9-16-22(2,19)20/h5-6,10,12,16H,3-4,7-9,15H2,1-2H3/t10-,12-/m1/s1. The monoisotopic (exact) mass is 329 g/mol. The molecule has 22 heavy (non-hydrogen) atoms. The number of hydrogen-bond donors (Lipinski definition) is 2. The lowest BCUT2D eigenvalue weighted by Crippen LogP contribution is -2.51. The second-order valence-corrected chi connectivity index (χ2v) is 7.61. The van der Waals surface area contributed by atoms with Crippen molar-refractivity contribution in [2.75, 3.05) is 19.3 Å². The predicted octanol–water partition coefficient (Wildman–Crippen LogP) is 0.528. The molecule has 1 aromatic heterocycles. The van der Waals surface area contributed by atoms with E-state index in [-0.39, 0.29) is 24.3 Å². The van der Waals surface area contributed by atoms with Gasteiger partial charge in [-0.05, 0) is 30.9 Å². The molecule has 1 amide bonds. The van der Waals surface area contributed by atoms with E-state index in [0.29, 0.717) is 24.8 Å². The number of carbonyl (C=O) groups is 1. The Morgan fingerprint density at radius 2 is 2.23 bits per heavy atom. The van der Waals surface area contributed by atoms with Crippen LogP contribution in [0.2, 0.25) is 0 Å². The van der Waals surface area contributed by atoms with E-state index < -0.39 is 10.0 Å². The molecule has 2 atom stereocenters. The van der Waals surface area contributed by atoms with Crippen molar-refractivity contribution in [2.24, 2.45) is 11.7 Å². The molecule has 0 aliphatic carbocycles. The van der Waals surface area contributed by atoms with Crippen molar-refractivity contribution in [3.05, 3.63) is 23.7 Å². The van der Waals surface area contributed by atoms with Crippen molar-refractivity contribution < 1.29 is 17.6 Å². The van der Waals surface area contributed by atoms with Crippen LogP contribution in [0.4, 0.5) is 0 Å². The normalized spacial score (nSPS) is 22.8. The summed E-state index contributed by atoms with van der Waals surface area (Å²) in [6.07, 6.45) is 3.09. The van der Waals surface area contributed by atoms with Crippen molar-refractivity contribution in [1.82, 2.24) is 9.62 Å². The maximum Gasteiger partial charge on any atom is 0.289 e. The minimum absolute atomic E-state index is 0.0175. The molecule has 124 valence electrons. The topological polar surface area (TPSA) is 106 Å². The van der Waals surface area contributed by atoms with E-state index in [9.17, 15) is 13.2 Å². The number of nitrogens with zero attached hydrogens (tertiary/aromatic N) is 1. The summed E-state index contributed by atoms with van der Waals surface area (Å²) < 4.78 is 29.9. The summed E-state index contributed by atoms with van der Waals surface area (Å²) in [4.78, 5) is 14.3. The van der Waals surface area contributed by atoms with Gasteiger partial charge in [0.1, 0.15) is 5.76 Å². The molecule has 0 unspecified atom stereocenters. The Balaban J connectivity index is 2.07. The third kappa shape index (κ3) is 4.08. The molecule has 2 heterocycles. The summed E-state index contributed by atoms with van der Waals surface area (Å²) in [6, 6.07) is 3.20. The van der Waals surface area contributed by atoms with Crippen LogP contribution in [0.3, 0.4) is 0 Å². The number of hydrogen-bond acceptors (Lipinski definition) is 5. The van der Waals surface area contributed by atoms with Crippen molar-refractivity contribution in [1.29, 1.82) is 0 Å². The number of furan rings is 1. The van der Waals surface area contributed by atoms with Gasteiger partial charge < -0.3 is 15.1 Å². The molecular weight excluding hydrogens is 306 g/mol. The van der Waals surface area contributed by atoms with Gasteiger partial charge in [0.25, 0.3) is 5.91 Å². The number of carbonyl (C=O) groups excluding carboxylic acids is 1. The smallest absolute Gasteiger partial charge is 0.289 e. The van der Waals surface area contributed by atoms with Crippen molar-refractivity contribution in [2.45, 2.75) is 32.4 Å². The van der Waals surface area contributed by atoms with Gasteiger partial charge in [-0.25, -0.2) is 13.1 Å². The van der Waals surface area contributed by atoms with Crippen molar-refractivity contribution >= 4 is 15.9 Å². The number of amides is 1. The minimum atomic E-state index is -3.30. The number of rotatable bonds is 5. The first-order chi connectivity index (χ1) is 10.3. The highest BCUT2D eigenvalue weighted by molar-refractivity contribution is 7.88. The Bertz CT molecular complexity index is 626. The van der Waals surface area contributed by atoms with Crippen molar-refractivity contribution in [3.63, 3.8) is 0 Å². The molecule has 1 aliphatic rings. The Kier molecular flexibility index (Phi) is 5.25. The van der Waals surface area contributed by atoms with Gasteiger partial charge in [0.05, 0.1) is 12.8 Å². The van der Waals surface area contributed by atoms with Gasteiger partial charge in [0, 0.05) is 19.1 Å². The molecule has 1 saturated heterocycles. The average molecular weight is 329 g/mol. The number of piperidine rings is 1. The molecule has 0 aromatic carbocycles. The Morgan fingerprint density at radius 1 is 1.50 bits per heavy atom. The molecule has 0 saturated carbocycles. The number of sulfonamides is 1. The van der Waals surface area contributed by atoms with Crippen LogP contribution < -0.4 is 10.5 Å². The van der Waals surface area contributed by atoms with E-state index >= 15 is 0 Å². The quantitative estimate of drug-likeness (QED) is 0.819. The van der Waals surface area contributed by atoms with Gasteiger partial charge in [-0.3, -0.25) is 4.79 Å². The molecule has 0 radical (unpaired) electrons. The predicted molar refractivity (Wildman–Crippen MR) is 82.7 cm³/mol. The zero-order chi connectivity index (χ0) is 16.3. The lowest BCUT2D eigenvalue weighted by molar-refractivity contribution is 0.0499. The van der Waals surface area contributed by atoms with Gasteiger partial charge in [0.2, 0.25) is 10.0 Å². The summed E-state index contributed by atoms with van der Waals surface area (Å²) in [6.45, 7) is 3.22. The summed E-state index contributed by atoms with van der Waals surface area (Å²) in [5, 5.41) is 0. The number of nitrogens with one attached hydrogen (secondary N) is 1. The molecule has 7 nitrogen and oxygen atoms in total.